The molecule has 1 aliphatic rings. The smallest absolute Gasteiger partial charge is 0.242 e. The zero-order valence-corrected chi connectivity index (χ0v) is 20.6. The number of benzene rings is 2. The van der Waals surface area contributed by atoms with Crippen LogP contribution in [0.2, 0.25) is 5.02 Å². The van der Waals surface area contributed by atoms with E-state index in [0.717, 1.165) is 36.8 Å². The third-order valence-electron chi connectivity index (χ3n) is 5.98. The fourth-order valence-corrected chi connectivity index (χ4v) is 5.08. The number of hydrogen-bond donors (Lipinski definition) is 1. The Bertz CT molecular complexity index is 897. The SMILES string of the molecule is Cc1ccc(CN(C(=O)CSCc2cccc(Cl)c2)[C@@H](C)C(=O)NC2CCCCC2)cc1. The zero-order valence-electron chi connectivity index (χ0n) is 19.0. The average Bonchev–Trinajstić information content (AvgIpc) is 2.79. The summed E-state index contributed by atoms with van der Waals surface area (Å²) in [6.07, 6.45) is 5.61. The lowest BCUT2D eigenvalue weighted by molar-refractivity contribution is -0.139. The lowest BCUT2D eigenvalue weighted by atomic mass is 9.95. The first kappa shape index (κ1) is 24.7. The van der Waals surface area contributed by atoms with E-state index in [1.165, 1.54) is 12.0 Å². The van der Waals surface area contributed by atoms with E-state index in [1.807, 2.05) is 62.4 Å². The van der Waals surface area contributed by atoms with E-state index in [9.17, 15) is 9.59 Å². The van der Waals surface area contributed by atoms with Crippen molar-refractivity contribution in [3.05, 3.63) is 70.2 Å². The van der Waals surface area contributed by atoms with Gasteiger partial charge < -0.3 is 10.2 Å². The minimum Gasteiger partial charge on any atom is -0.352 e. The fraction of sp³-hybridized carbons (Fsp3) is 0.462. The molecule has 32 heavy (non-hydrogen) atoms. The Labute approximate surface area is 201 Å². The summed E-state index contributed by atoms with van der Waals surface area (Å²) in [5.74, 6) is 0.938. The molecule has 0 radical (unpaired) electrons. The number of rotatable bonds is 9. The third-order valence-corrected chi connectivity index (χ3v) is 7.20. The number of nitrogens with zero attached hydrogens (tertiary/aromatic N) is 1. The van der Waals surface area contributed by atoms with Crippen LogP contribution < -0.4 is 5.32 Å². The molecule has 0 bridgehead atoms. The molecular weight excluding hydrogens is 440 g/mol. The molecule has 1 atom stereocenters. The molecule has 0 heterocycles. The molecule has 1 fully saturated rings. The first-order chi connectivity index (χ1) is 15.4. The molecule has 6 heteroatoms. The van der Waals surface area contributed by atoms with Gasteiger partial charge in [0.05, 0.1) is 5.75 Å². The average molecular weight is 473 g/mol. The predicted molar refractivity (Wildman–Crippen MR) is 134 cm³/mol. The second kappa shape index (κ2) is 12.3. The molecule has 172 valence electrons. The Kier molecular flexibility index (Phi) is 9.49. The van der Waals surface area contributed by atoms with Gasteiger partial charge >= 0.3 is 0 Å². The maximum absolute atomic E-state index is 13.2. The number of thioether (sulfide) groups is 1. The van der Waals surface area contributed by atoms with Gasteiger partial charge in [0.1, 0.15) is 6.04 Å². The molecule has 0 aromatic heterocycles. The molecule has 2 aromatic rings. The Morgan fingerprint density at radius 2 is 1.81 bits per heavy atom. The van der Waals surface area contributed by atoms with Gasteiger partial charge in [-0.3, -0.25) is 9.59 Å². The first-order valence-electron chi connectivity index (χ1n) is 11.4. The van der Waals surface area contributed by atoms with E-state index in [-0.39, 0.29) is 17.9 Å². The van der Waals surface area contributed by atoms with Gasteiger partial charge in [0.25, 0.3) is 0 Å². The highest BCUT2D eigenvalue weighted by atomic mass is 35.5. The molecule has 0 unspecified atom stereocenters. The van der Waals surface area contributed by atoms with Crippen molar-refractivity contribution >= 4 is 35.2 Å². The highest BCUT2D eigenvalue weighted by molar-refractivity contribution is 7.99. The molecule has 1 N–H and O–H groups in total. The number of nitrogens with one attached hydrogen (secondary N) is 1. The van der Waals surface area contributed by atoms with Crippen LogP contribution in [0.4, 0.5) is 0 Å². The maximum Gasteiger partial charge on any atom is 0.242 e. The van der Waals surface area contributed by atoms with Crippen molar-refractivity contribution in [2.75, 3.05) is 5.75 Å². The Hall–Kier alpha value is -1.98. The zero-order chi connectivity index (χ0) is 22.9. The lowest BCUT2D eigenvalue weighted by Crippen LogP contribution is -2.50. The van der Waals surface area contributed by atoms with Crippen molar-refractivity contribution in [1.82, 2.24) is 10.2 Å². The van der Waals surface area contributed by atoms with Gasteiger partial charge in [-0.25, -0.2) is 0 Å². The van der Waals surface area contributed by atoms with Gasteiger partial charge in [-0.05, 0) is 49.9 Å². The molecule has 1 aliphatic carbocycles. The van der Waals surface area contributed by atoms with Crippen LogP contribution in [0.1, 0.15) is 55.7 Å². The molecular formula is C26H33ClN2O2S. The summed E-state index contributed by atoms with van der Waals surface area (Å²) >= 11 is 7.61. The van der Waals surface area contributed by atoms with E-state index in [0.29, 0.717) is 23.1 Å². The summed E-state index contributed by atoms with van der Waals surface area (Å²) in [7, 11) is 0. The summed E-state index contributed by atoms with van der Waals surface area (Å²) in [6.45, 7) is 4.31. The summed E-state index contributed by atoms with van der Waals surface area (Å²) in [5, 5.41) is 3.88. The van der Waals surface area contributed by atoms with E-state index >= 15 is 0 Å². The maximum atomic E-state index is 13.2. The van der Waals surface area contributed by atoms with Gasteiger partial charge in [0, 0.05) is 23.4 Å². The van der Waals surface area contributed by atoms with Crippen LogP contribution in [0, 0.1) is 6.92 Å². The van der Waals surface area contributed by atoms with Crippen LogP contribution in [0.3, 0.4) is 0 Å². The summed E-state index contributed by atoms with van der Waals surface area (Å²) < 4.78 is 0. The molecule has 2 aromatic carbocycles. The predicted octanol–water partition coefficient (Wildman–Crippen LogP) is 5.75. The lowest BCUT2D eigenvalue weighted by Gasteiger charge is -2.31. The molecule has 0 spiro atoms. The molecule has 0 aliphatic heterocycles. The quantitative estimate of drug-likeness (QED) is 0.505. The van der Waals surface area contributed by atoms with Crippen molar-refractivity contribution in [2.24, 2.45) is 0 Å². The van der Waals surface area contributed by atoms with Crippen LogP contribution in [-0.2, 0) is 21.9 Å². The second-order valence-electron chi connectivity index (χ2n) is 8.65. The second-order valence-corrected chi connectivity index (χ2v) is 10.1. The van der Waals surface area contributed by atoms with Crippen LogP contribution in [0.15, 0.2) is 48.5 Å². The van der Waals surface area contributed by atoms with Crippen LogP contribution in [0.5, 0.6) is 0 Å². The Morgan fingerprint density at radius 1 is 1.09 bits per heavy atom. The highest BCUT2D eigenvalue weighted by Crippen LogP contribution is 2.20. The fourth-order valence-electron chi connectivity index (χ4n) is 4.01. The van der Waals surface area contributed by atoms with Gasteiger partial charge in [-0.1, -0.05) is 72.8 Å². The van der Waals surface area contributed by atoms with Crippen molar-refractivity contribution in [2.45, 2.75) is 70.3 Å². The number of halogens is 1. The largest absolute Gasteiger partial charge is 0.352 e. The number of aryl methyl sites for hydroxylation is 1. The highest BCUT2D eigenvalue weighted by Gasteiger charge is 2.28. The van der Waals surface area contributed by atoms with Crippen LogP contribution in [-0.4, -0.2) is 34.6 Å². The molecule has 0 saturated heterocycles. The first-order valence-corrected chi connectivity index (χ1v) is 12.9. The van der Waals surface area contributed by atoms with Crippen molar-refractivity contribution < 1.29 is 9.59 Å². The third kappa shape index (κ3) is 7.56. The van der Waals surface area contributed by atoms with Crippen LogP contribution >= 0.6 is 23.4 Å². The minimum absolute atomic E-state index is 0.0242. The van der Waals surface area contributed by atoms with E-state index < -0.39 is 6.04 Å². The van der Waals surface area contributed by atoms with E-state index in [1.54, 1.807) is 16.7 Å². The van der Waals surface area contributed by atoms with Crippen LogP contribution in [0.25, 0.3) is 0 Å². The Balaban J connectivity index is 1.64. The topological polar surface area (TPSA) is 49.4 Å². The number of amides is 2. The molecule has 1 saturated carbocycles. The van der Waals surface area contributed by atoms with E-state index in [4.69, 9.17) is 11.6 Å². The molecule has 2 amide bonds. The van der Waals surface area contributed by atoms with Gasteiger partial charge in [-0.2, -0.15) is 0 Å². The normalized spacial score (nSPS) is 15.2. The number of carbonyl (C=O) groups is 2. The number of hydrogen-bond acceptors (Lipinski definition) is 3. The summed E-state index contributed by atoms with van der Waals surface area (Å²) in [4.78, 5) is 27.9. The minimum atomic E-state index is -0.516. The van der Waals surface area contributed by atoms with Crippen molar-refractivity contribution in [3.63, 3.8) is 0 Å². The van der Waals surface area contributed by atoms with Crippen molar-refractivity contribution in [1.29, 1.82) is 0 Å². The van der Waals surface area contributed by atoms with E-state index in [2.05, 4.69) is 5.32 Å². The summed E-state index contributed by atoms with van der Waals surface area (Å²) in [6, 6.07) is 15.5. The molecule has 3 rings (SSSR count). The standard InChI is InChI=1S/C26H33ClN2O2S/c1-19-11-13-21(14-12-19)16-29(20(2)26(31)28-24-9-4-3-5-10-24)25(30)18-32-17-22-7-6-8-23(27)15-22/h6-8,11-15,20,24H,3-5,9-10,16-18H2,1-2H3,(H,28,31)/t20-/m0/s1. The van der Waals surface area contributed by atoms with Gasteiger partial charge in [-0.15, -0.1) is 11.8 Å². The monoisotopic (exact) mass is 472 g/mol. The van der Waals surface area contributed by atoms with Gasteiger partial charge in [0.15, 0.2) is 0 Å². The molecule has 4 nitrogen and oxygen atoms in total. The number of carbonyl (C=O) groups excluding carboxylic acids is 2. The van der Waals surface area contributed by atoms with Crippen molar-refractivity contribution in [3.8, 4) is 0 Å². The Morgan fingerprint density at radius 3 is 2.50 bits per heavy atom. The van der Waals surface area contributed by atoms with Gasteiger partial charge in [0.2, 0.25) is 11.8 Å². The summed E-state index contributed by atoms with van der Waals surface area (Å²) in [5.41, 5.74) is 3.29.